The zero-order chi connectivity index (χ0) is 17.7. The van der Waals surface area contributed by atoms with Crippen LogP contribution in [0.4, 0.5) is 5.69 Å². The van der Waals surface area contributed by atoms with Gasteiger partial charge in [-0.1, -0.05) is 23.9 Å². The van der Waals surface area contributed by atoms with Crippen LogP contribution >= 0.6 is 23.5 Å². The fourth-order valence-corrected chi connectivity index (χ4v) is 3.35. The van der Waals surface area contributed by atoms with Crippen LogP contribution in [0.25, 0.3) is 6.08 Å². The molecule has 0 atom stereocenters. The number of nitro groups is 1. The summed E-state index contributed by atoms with van der Waals surface area (Å²) in [7, 11) is 0. The van der Waals surface area contributed by atoms with Crippen molar-refractivity contribution in [2.75, 3.05) is 5.75 Å². The molecule has 0 bridgehead atoms. The van der Waals surface area contributed by atoms with Crippen LogP contribution in [0.3, 0.4) is 0 Å². The molecule has 9 heteroatoms. The van der Waals surface area contributed by atoms with Crippen LogP contribution in [0.1, 0.15) is 12.5 Å². The fourth-order valence-electron chi connectivity index (χ4n) is 1.75. The Labute approximate surface area is 146 Å². The smallest absolute Gasteiger partial charge is 0.312 e. The fraction of sp³-hybridized carbons (Fsp3) is 0.133. The highest BCUT2D eigenvalue weighted by Gasteiger charge is 2.23. The van der Waals surface area contributed by atoms with Gasteiger partial charge in [-0.3, -0.25) is 19.7 Å². The zero-order valence-corrected chi connectivity index (χ0v) is 14.2. The van der Waals surface area contributed by atoms with Gasteiger partial charge in [-0.15, -0.1) is 6.58 Å². The van der Waals surface area contributed by atoms with Gasteiger partial charge in [0.05, 0.1) is 4.92 Å². The number of hydrogen-bond acceptors (Lipinski definition) is 8. The van der Waals surface area contributed by atoms with Gasteiger partial charge in [0.2, 0.25) is 10.9 Å². The van der Waals surface area contributed by atoms with E-state index in [-0.39, 0.29) is 22.2 Å². The van der Waals surface area contributed by atoms with Crippen LogP contribution < -0.4 is 4.74 Å². The molecule has 0 aliphatic carbocycles. The summed E-state index contributed by atoms with van der Waals surface area (Å²) in [6, 6.07) is 4.06. The molecule has 1 aliphatic rings. The normalized spacial score (nSPS) is 15.3. The van der Waals surface area contributed by atoms with Crippen LogP contribution in [0.5, 0.6) is 5.75 Å². The summed E-state index contributed by atoms with van der Waals surface area (Å²) in [6.45, 7) is 4.76. The van der Waals surface area contributed by atoms with Crippen molar-refractivity contribution in [3.05, 3.63) is 52.2 Å². The molecule has 1 aromatic rings. The quantitative estimate of drug-likeness (QED) is 0.197. The average Bonchev–Trinajstić information content (AvgIpc) is 2.86. The molecule has 2 rings (SSSR count). The zero-order valence-electron chi connectivity index (χ0n) is 12.6. The maximum absolute atomic E-state index is 11.9. The minimum absolute atomic E-state index is 0.146. The molecule has 124 valence electrons. The Kier molecular flexibility index (Phi) is 5.93. The van der Waals surface area contributed by atoms with Gasteiger partial charge in [0.1, 0.15) is 10.1 Å². The van der Waals surface area contributed by atoms with E-state index < -0.39 is 10.9 Å². The number of aliphatic imine (C=N–C) groups is 1. The van der Waals surface area contributed by atoms with Gasteiger partial charge in [0, 0.05) is 18.7 Å². The second-order valence-electron chi connectivity index (χ2n) is 4.47. The lowest BCUT2D eigenvalue weighted by Crippen LogP contribution is -2.04. The molecule has 0 aromatic heterocycles. The van der Waals surface area contributed by atoms with Crippen LogP contribution in [-0.2, 0) is 9.59 Å². The predicted molar refractivity (Wildman–Crippen MR) is 95.1 cm³/mol. The summed E-state index contributed by atoms with van der Waals surface area (Å²) in [5, 5.41) is 10.9. The molecule has 0 spiro atoms. The summed E-state index contributed by atoms with van der Waals surface area (Å²) >= 11 is 2.40. The highest BCUT2D eigenvalue weighted by Crippen LogP contribution is 2.33. The number of thioether (sulfide) groups is 2. The van der Waals surface area contributed by atoms with E-state index in [1.165, 1.54) is 36.0 Å². The third kappa shape index (κ3) is 4.56. The lowest BCUT2D eigenvalue weighted by Gasteiger charge is -2.03. The summed E-state index contributed by atoms with van der Waals surface area (Å²) < 4.78 is 5.41. The Morgan fingerprint density at radius 1 is 1.54 bits per heavy atom. The van der Waals surface area contributed by atoms with Crippen molar-refractivity contribution in [3.63, 3.8) is 0 Å². The predicted octanol–water partition coefficient (Wildman–Crippen LogP) is 3.41. The molecule has 24 heavy (non-hydrogen) atoms. The average molecular weight is 364 g/mol. The van der Waals surface area contributed by atoms with Gasteiger partial charge >= 0.3 is 11.7 Å². The van der Waals surface area contributed by atoms with Crippen LogP contribution in [0, 0.1) is 10.1 Å². The number of carbonyl (C=O) groups excluding carboxylic acids is 2. The second kappa shape index (κ2) is 7.93. The summed E-state index contributed by atoms with van der Waals surface area (Å²) in [5.74, 6) is -0.165. The van der Waals surface area contributed by atoms with Crippen molar-refractivity contribution in [1.82, 2.24) is 0 Å². The molecular weight excluding hydrogens is 352 g/mol. The van der Waals surface area contributed by atoms with Crippen LogP contribution in [-0.4, -0.2) is 26.1 Å². The van der Waals surface area contributed by atoms with E-state index in [2.05, 4.69) is 11.6 Å². The third-order valence-corrected chi connectivity index (χ3v) is 4.67. The Morgan fingerprint density at radius 3 is 2.92 bits per heavy atom. The largest absolute Gasteiger partial charge is 0.419 e. The molecule has 1 aromatic carbocycles. The van der Waals surface area contributed by atoms with Crippen molar-refractivity contribution < 1.29 is 19.2 Å². The molecule has 0 saturated carbocycles. The SMILES string of the molecule is C=CCSC1=NC(=Cc2ccc(OC(C)=O)c([N+](=O)[O-])c2)C(=O)S1. The first-order valence-corrected chi connectivity index (χ1v) is 8.44. The third-order valence-electron chi connectivity index (χ3n) is 2.66. The molecule has 0 unspecified atom stereocenters. The van der Waals surface area contributed by atoms with Crippen molar-refractivity contribution in [1.29, 1.82) is 0 Å². The Bertz CT molecular complexity index is 786. The summed E-state index contributed by atoms with van der Waals surface area (Å²) in [4.78, 5) is 37.6. The summed E-state index contributed by atoms with van der Waals surface area (Å²) in [6.07, 6.45) is 3.17. The number of benzene rings is 1. The first kappa shape index (κ1) is 18.0. The van der Waals surface area contributed by atoms with Gasteiger partial charge in [0.25, 0.3) is 0 Å². The van der Waals surface area contributed by atoms with Crippen molar-refractivity contribution >= 4 is 50.7 Å². The van der Waals surface area contributed by atoms with E-state index in [1.54, 1.807) is 6.08 Å². The number of rotatable bonds is 5. The number of carbonyl (C=O) groups is 2. The van der Waals surface area contributed by atoms with Crippen molar-refractivity contribution in [2.24, 2.45) is 4.99 Å². The lowest BCUT2D eigenvalue weighted by molar-refractivity contribution is -0.385. The van der Waals surface area contributed by atoms with Gasteiger partial charge in [-0.05, 0) is 29.5 Å². The van der Waals surface area contributed by atoms with Crippen molar-refractivity contribution in [2.45, 2.75) is 6.92 Å². The standard InChI is InChI=1S/C15H12N2O5S2/c1-3-6-23-15-16-11(14(19)24-15)7-10-4-5-13(22-9(2)18)12(8-10)17(20)21/h3-5,7-8H,1,6H2,2H3. The number of esters is 1. The molecule has 7 nitrogen and oxygen atoms in total. The monoisotopic (exact) mass is 364 g/mol. The maximum Gasteiger partial charge on any atom is 0.312 e. The molecule has 0 radical (unpaired) electrons. The van der Waals surface area contributed by atoms with E-state index in [9.17, 15) is 19.7 Å². The molecule has 1 heterocycles. The van der Waals surface area contributed by atoms with Crippen molar-refractivity contribution in [3.8, 4) is 5.75 Å². The van der Waals surface area contributed by atoms with Crippen LogP contribution in [0.15, 0.2) is 41.5 Å². The molecule has 0 fully saturated rings. The van der Waals surface area contributed by atoms with Gasteiger partial charge in [-0.2, -0.15) is 0 Å². The molecule has 0 amide bonds. The van der Waals surface area contributed by atoms with Gasteiger partial charge in [-0.25, -0.2) is 4.99 Å². The minimum Gasteiger partial charge on any atom is -0.419 e. The first-order valence-electron chi connectivity index (χ1n) is 6.64. The number of nitro benzene ring substituents is 1. The van der Waals surface area contributed by atoms with Gasteiger partial charge in [0.15, 0.2) is 0 Å². The molecule has 1 aliphatic heterocycles. The molecule has 0 saturated heterocycles. The Morgan fingerprint density at radius 2 is 2.29 bits per heavy atom. The van der Waals surface area contributed by atoms with E-state index in [0.29, 0.717) is 15.7 Å². The van der Waals surface area contributed by atoms with E-state index in [4.69, 9.17) is 4.74 Å². The van der Waals surface area contributed by atoms with Gasteiger partial charge < -0.3 is 4.74 Å². The van der Waals surface area contributed by atoms with E-state index in [1.807, 2.05) is 0 Å². The maximum atomic E-state index is 11.9. The van der Waals surface area contributed by atoms with E-state index in [0.717, 1.165) is 18.7 Å². The second-order valence-corrected chi connectivity index (χ2v) is 6.70. The highest BCUT2D eigenvalue weighted by atomic mass is 32.2. The minimum atomic E-state index is -0.653. The number of ether oxygens (including phenoxy) is 1. The van der Waals surface area contributed by atoms with Crippen LogP contribution in [0.2, 0.25) is 0 Å². The number of nitrogens with zero attached hydrogens (tertiary/aromatic N) is 2. The summed E-state index contributed by atoms with van der Waals surface area (Å²) in [5.41, 5.74) is 0.268. The Hall–Kier alpha value is -2.39. The van der Waals surface area contributed by atoms with E-state index >= 15 is 0 Å². The first-order chi connectivity index (χ1) is 11.4. The Balaban J connectivity index is 2.32. The molecular formula is C15H12N2O5S2. The lowest BCUT2D eigenvalue weighted by atomic mass is 10.1. The topological polar surface area (TPSA) is 98.9 Å². The highest BCUT2D eigenvalue weighted by molar-refractivity contribution is 8.45. The number of hydrogen-bond donors (Lipinski definition) is 0. The molecule has 0 N–H and O–H groups in total.